The second-order valence-corrected chi connectivity index (χ2v) is 4.30. The van der Waals surface area contributed by atoms with Gasteiger partial charge in [-0.1, -0.05) is 20.3 Å². The van der Waals surface area contributed by atoms with Gasteiger partial charge in [0.15, 0.2) is 0 Å². The van der Waals surface area contributed by atoms with Crippen LogP contribution in [0.5, 0.6) is 0 Å². The zero-order chi connectivity index (χ0) is 10.4. The molecule has 1 aliphatic heterocycles. The minimum absolute atomic E-state index is 0.221. The fraction of sp³-hybridized carbons (Fsp3) is 1.00. The van der Waals surface area contributed by atoms with Gasteiger partial charge in [-0.15, -0.1) is 0 Å². The number of hydrogen-bond donors (Lipinski definition) is 1. The Hall–Kier alpha value is -0.120. The fourth-order valence-electron chi connectivity index (χ4n) is 2.08. The van der Waals surface area contributed by atoms with E-state index in [4.69, 9.17) is 4.74 Å². The van der Waals surface area contributed by atoms with Crippen molar-refractivity contribution in [3.8, 4) is 0 Å². The highest BCUT2D eigenvalue weighted by molar-refractivity contribution is 4.75. The van der Waals surface area contributed by atoms with Gasteiger partial charge in [-0.05, 0) is 12.3 Å². The minimum atomic E-state index is 0.221. The quantitative estimate of drug-likeness (QED) is 0.723. The summed E-state index contributed by atoms with van der Waals surface area (Å²) >= 11 is 0. The van der Waals surface area contributed by atoms with Gasteiger partial charge < -0.3 is 9.84 Å². The lowest BCUT2D eigenvalue weighted by molar-refractivity contribution is -0.0329. The molecule has 2 atom stereocenters. The van der Waals surface area contributed by atoms with Crippen LogP contribution < -0.4 is 0 Å². The molecule has 84 valence electrons. The van der Waals surface area contributed by atoms with Gasteiger partial charge in [0.1, 0.15) is 0 Å². The third-order valence-corrected chi connectivity index (χ3v) is 2.89. The van der Waals surface area contributed by atoms with Gasteiger partial charge in [-0.2, -0.15) is 0 Å². The number of morpholine rings is 1. The molecule has 1 N–H and O–H groups in total. The molecule has 1 saturated heterocycles. The topological polar surface area (TPSA) is 32.7 Å². The highest BCUT2D eigenvalue weighted by Gasteiger charge is 2.23. The third kappa shape index (κ3) is 3.56. The number of hydrogen-bond acceptors (Lipinski definition) is 3. The molecule has 0 aliphatic carbocycles. The van der Waals surface area contributed by atoms with E-state index in [1.165, 1.54) is 12.8 Å². The van der Waals surface area contributed by atoms with Crippen LogP contribution in [-0.4, -0.2) is 49.0 Å². The largest absolute Gasteiger partial charge is 0.395 e. The molecule has 1 aliphatic rings. The van der Waals surface area contributed by atoms with Crippen molar-refractivity contribution in [3.63, 3.8) is 0 Å². The van der Waals surface area contributed by atoms with Gasteiger partial charge >= 0.3 is 0 Å². The number of ether oxygens (including phenoxy) is 1. The van der Waals surface area contributed by atoms with Crippen molar-refractivity contribution >= 4 is 0 Å². The van der Waals surface area contributed by atoms with Crippen molar-refractivity contribution in [2.24, 2.45) is 5.92 Å². The lowest BCUT2D eigenvalue weighted by Gasteiger charge is -2.36. The van der Waals surface area contributed by atoms with Gasteiger partial charge in [0.05, 0.1) is 25.9 Å². The van der Waals surface area contributed by atoms with E-state index in [1.807, 2.05) is 0 Å². The highest BCUT2D eigenvalue weighted by Crippen LogP contribution is 2.12. The lowest BCUT2D eigenvalue weighted by atomic mass is 10.0. The van der Waals surface area contributed by atoms with Gasteiger partial charge in [0, 0.05) is 13.1 Å². The fourth-order valence-corrected chi connectivity index (χ4v) is 2.08. The molecule has 3 heteroatoms. The maximum absolute atomic E-state index is 9.18. The summed E-state index contributed by atoms with van der Waals surface area (Å²) in [6.07, 6.45) is 2.52. The standard InChI is InChI=1S/C11H23NO2/c1-3-4-10(2)7-12-5-6-14-9-11(12)8-13/h10-11,13H,3-9H2,1-2H3. The normalized spacial score (nSPS) is 26.4. The molecule has 2 unspecified atom stereocenters. The van der Waals surface area contributed by atoms with Gasteiger partial charge in [0.25, 0.3) is 0 Å². The van der Waals surface area contributed by atoms with Crippen LogP contribution in [0.3, 0.4) is 0 Å². The van der Waals surface area contributed by atoms with Crippen LogP contribution in [0, 0.1) is 5.92 Å². The van der Waals surface area contributed by atoms with Crippen molar-refractivity contribution in [2.45, 2.75) is 32.7 Å². The first-order chi connectivity index (χ1) is 6.77. The number of aliphatic hydroxyl groups is 1. The smallest absolute Gasteiger partial charge is 0.0644 e. The second-order valence-electron chi connectivity index (χ2n) is 4.30. The molecule has 0 spiro atoms. The average Bonchev–Trinajstić information content (AvgIpc) is 2.19. The summed E-state index contributed by atoms with van der Waals surface area (Å²) in [4.78, 5) is 2.36. The zero-order valence-corrected chi connectivity index (χ0v) is 9.41. The van der Waals surface area contributed by atoms with Crippen LogP contribution in [0.15, 0.2) is 0 Å². The molecule has 0 bridgehead atoms. The molecule has 0 aromatic heterocycles. The van der Waals surface area contributed by atoms with E-state index in [0.717, 1.165) is 25.6 Å². The Morgan fingerprint density at radius 3 is 3.00 bits per heavy atom. The highest BCUT2D eigenvalue weighted by atomic mass is 16.5. The Kier molecular flexibility index (Phi) is 5.45. The Bertz CT molecular complexity index is 152. The first-order valence-electron chi connectivity index (χ1n) is 5.70. The van der Waals surface area contributed by atoms with Gasteiger partial charge in [-0.25, -0.2) is 0 Å². The Morgan fingerprint density at radius 2 is 2.36 bits per heavy atom. The summed E-state index contributed by atoms with van der Waals surface area (Å²) in [5.41, 5.74) is 0. The zero-order valence-electron chi connectivity index (χ0n) is 9.41. The first kappa shape index (κ1) is 12.0. The van der Waals surface area contributed by atoms with Crippen molar-refractivity contribution < 1.29 is 9.84 Å². The molecule has 1 heterocycles. The molecule has 0 saturated carbocycles. The molecule has 3 nitrogen and oxygen atoms in total. The summed E-state index contributed by atoms with van der Waals surface area (Å²) < 4.78 is 5.34. The van der Waals surface area contributed by atoms with Crippen LogP contribution in [-0.2, 0) is 4.74 Å². The molecule has 0 aromatic carbocycles. The van der Waals surface area contributed by atoms with Gasteiger partial charge in [0.2, 0.25) is 0 Å². The molecule has 0 radical (unpaired) electrons. The van der Waals surface area contributed by atoms with E-state index >= 15 is 0 Å². The van der Waals surface area contributed by atoms with E-state index in [-0.39, 0.29) is 12.6 Å². The maximum atomic E-state index is 9.18. The van der Waals surface area contributed by atoms with Crippen LogP contribution in [0.1, 0.15) is 26.7 Å². The van der Waals surface area contributed by atoms with E-state index < -0.39 is 0 Å². The molecular formula is C11H23NO2. The van der Waals surface area contributed by atoms with Crippen LogP contribution in [0.2, 0.25) is 0 Å². The van der Waals surface area contributed by atoms with Crippen molar-refractivity contribution in [3.05, 3.63) is 0 Å². The molecule has 1 rings (SSSR count). The predicted octanol–water partition coefficient (Wildman–Crippen LogP) is 1.12. The van der Waals surface area contributed by atoms with Crippen molar-refractivity contribution in [2.75, 3.05) is 32.9 Å². The second kappa shape index (κ2) is 6.38. The monoisotopic (exact) mass is 201 g/mol. The molecule has 14 heavy (non-hydrogen) atoms. The Labute approximate surface area is 87.1 Å². The average molecular weight is 201 g/mol. The number of nitrogens with zero attached hydrogens (tertiary/aromatic N) is 1. The van der Waals surface area contributed by atoms with E-state index in [9.17, 15) is 5.11 Å². The SMILES string of the molecule is CCCC(C)CN1CCOCC1CO. The molecule has 1 fully saturated rings. The van der Waals surface area contributed by atoms with Crippen LogP contribution >= 0.6 is 0 Å². The number of aliphatic hydroxyl groups excluding tert-OH is 1. The van der Waals surface area contributed by atoms with Gasteiger partial charge in [-0.3, -0.25) is 4.90 Å². The summed E-state index contributed by atoms with van der Waals surface area (Å²) in [5, 5.41) is 9.18. The summed E-state index contributed by atoms with van der Waals surface area (Å²) in [7, 11) is 0. The van der Waals surface area contributed by atoms with Crippen molar-refractivity contribution in [1.82, 2.24) is 4.90 Å². The van der Waals surface area contributed by atoms with Crippen LogP contribution in [0.4, 0.5) is 0 Å². The predicted molar refractivity (Wildman–Crippen MR) is 57.3 cm³/mol. The first-order valence-corrected chi connectivity index (χ1v) is 5.70. The minimum Gasteiger partial charge on any atom is -0.395 e. The maximum Gasteiger partial charge on any atom is 0.0644 e. The van der Waals surface area contributed by atoms with E-state index in [2.05, 4.69) is 18.7 Å². The third-order valence-electron chi connectivity index (χ3n) is 2.89. The van der Waals surface area contributed by atoms with E-state index in [1.54, 1.807) is 0 Å². The Morgan fingerprint density at radius 1 is 1.57 bits per heavy atom. The lowest BCUT2D eigenvalue weighted by Crippen LogP contribution is -2.48. The molecular weight excluding hydrogens is 178 g/mol. The summed E-state index contributed by atoms with van der Waals surface area (Å²) in [5.74, 6) is 0.729. The Balaban J connectivity index is 2.32. The van der Waals surface area contributed by atoms with Crippen molar-refractivity contribution in [1.29, 1.82) is 0 Å². The molecule has 0 amide bonds. The van der Waals surface area contributed by atoms with E-state index in [0.29, 0.717) is 6.61 Å². The van der Waals surface area contributed by atoms with Crippen LogP contribution in [0.25, 0.3) is 0 Å². The molecule has 0 aromatic rings. The number of rotatable bonds is 5. The summed E-state index contributed by atoms with van der Waals surface area (Å²) in [6.45, 7) is 8.30. The summed E-state index contributed by atoms with van der Waals surface area (Å²) in [6, 6.07) is 0.225.